The Labute approximate surface area is 144 Å². The summed E-state index contributed by atoms with van der Waals surface area (Å²) < 4.78 is 0. The molecule has 3 heteroatoms. The number of hydrogen-bond donors (Lipinski definition) is 1. The quantitative estimate of drug-likeness (QED) is 0.900. The predicted molar refractivity (Wildman–Crippen MR) is 99.6 cm³/mol. The second-order valence-electron chi connectivity index (χ2n) is 6.70. The molecule has 2 aromatic rings. The maximum absolute atomic E-state index is 12.5. The zero-order chi connectivity index (χ0) is 16.9. The third-order valence-electron chi connectivity index (χ3n) is 4.78. The predicted octanol–water partition coefficient (Wildman–Crippen LogP) is 4.48. The summed E-state index contributed by atoms with van der Waals surface area (Å²) in [6, 6.07) is 16.3. The Morgan fingerprint density at radius 3 is 2.21 bits per heavy atom. The van der Waals surface area contributed by atoms with Crippen molar-refractivity contribution in [2.75, 3.05) is 18.0 Å². The van der Waals surface area contributed by atoms with Crippen LogP contribution in [0, 0.1) is 6.92 Å². The number of carbonyl (C=O) groups excluding carboxylic acids is 1. The standard InChI is InChI=1S/C21H26N2O/c1-16-6-8-18(9-7-16)17(2)22-21(24)19-10-12-20(13-11-19)23-14-4-3-5-15-23/h6-13,17H,3-5,14-15H2,1-2H3,(H,22,24)/t17-/m0/s1. The van der Waals surface area contributed by atoms with Crippen molar-refractivity contribution in [3.63, 3.8) is 0 Å². The Hall–Kier alpha value is -2.29. The number of amides is 1. The van der Waals surface area contributed by atoms with Crippen LogP contribution in [-0.2, 0) is 0 Å². The van der Waals surface area contributed by atoms with E-state index in [4.69, 9.17) is 0 Å². The van der Waals surface area contributed by atoms with Gasteiger partial charge in [0.2, 0.25) is 0 Å². The fourth-order valence-electron chi connectivity index (χ4n) is 3.19. The monoisotopic (exact) mass is 322 g/mol. The van der Waals surface area contributed by atoms with E-state index in [-0.39, 0.29) is 11.9 Å². The Morgan fingerprint density at radius 2 is 1.58 bits per heavy atom. The van der Waals surface area contributed by atoms with Crippen LogP contribution in [0.4, 0.5) is 5.69 Å². The molecule has 1 N–H and O–H groups in total. The van der Waals surface area contributed by atoms with Crippen LogP contribution in [0.3, 0.4) is 0 Å². The van der Waals surface area contributed by atoms with Gasteiger partial charge >= 0.3 is 0 Å². The first kappa shape index (κ1) is 16.6. The van der Waals surface area contributed by atoms with E-state index < -0.39 is 0 Å². The van der Waals surface area contributed by atoms with Crippen molar-refractivity contribution in [3.05, 3.63) is 65.2 Å². The third kappa shape index (κ3) is 3.97. The van der Waals surface area contributed by atoms with Gasteiger partial charge in [0.25, 0.3) is 5.91 Å². The minimum Gasteiger partial charge on any atom is -0.372 e. The Morgan fingerprint density at radius 1 is 0.958 bits per heavy atom. The lowest BCUT2D eigenvalue weighted by atomic mass is 10.1. The lowest BCUT2D eigenvalue weighted by Gasteiger charge is -2.28. The molecule has 2 aromatic carbocycles. The van der Waals surface area contributed by atoms with Gasteiger partial charge in [0.15, 0.2) is 0 Å². The van der Waals surface area contributed by atoms with Crippen LogP contribution in [0.25, 0.3) is 0 Å². The molecule has 126 valence electrons. The van der Waals surface area contributed by atoms with E-state index >= 15 is 0 Å². The van der Waals surface area contributed by atoms with E-state index in [0.29, 0.717) is 0 Å². The molecule has 0 saturated carbocycles. The highest BCUT2D eigenvalue weighted by Crippen LogP contribution is 2.21. The summed E-state index contributed by atoms with van der Waals surface area (Å²) in [5, 5.41) is 3.08. The van der Waals surface area contributed by atoms with Crippen LogP contribution in [0.15, 0.2) is 48.5 Å². The molecule has 1 aliphatic rings. The van der Waals surface area contributed by atoms with Gasteiger partial charge in [-0.25, -0.2) is 0 Å². The second kappa shape index (κ2) is 7.52. The Balaban J connectivity index is 1.63. The normalized spacial score (nSPS) is 15.8. The van der Waals surface area contributed by atoms with E-state index in [1.807, 2.05) is 19.1 Å². The highest BCUT2D eigenvalue weighted by Gasteiger charge is 2.14. The van der Waals surface area contributed by atoms with Gasteiger partial charge in [-0.1, -0.05) is 29.8 Å². The molecule has 1 aliphatic heterocycles. The van der Waals surface area contributed by atoms with Gasteiger partial charge in [-0.2, -0.15) is 0 Å². The van der Waals surface area contributed by atoms with Crippen molar-refractivity contribution in [2.24, 2.45) is 0 Å². The van der Waals surface area contributed by atoms with E-state index in [1.165, 1.54) is 30.5 Å². The molecule has 0 spiro atoms. The number of benzene rings is 2. The Bertz CT molecular complexity index is 670. The van der Waals surface area contributed by atoms with Gasteiger partial charge in [-0.3, -0.25) is 4.79 Å². The van der Waals surface area contributed by atoms with Crippen molar-refractivity contribution in [2.45, 2.75) is 39.2 Å². The first-order valence-electron chi connectivity index (χ1n) is 8.86. The molecule has 24 heavy (non-hydrogen) atoms. The van der Waals surface area contributed by atoms with Crippen LogP contribution in [-0.4, -0.2) is 19.0 Å². The molecule has 0 aromatic heterocycles. The summed E-state index contributed by atoms with van der Waals surface area (Å²) in [5.74, 6) is -0.0201. The fourth-order valence-corrected chi connectivity index (χ4v) is 3.19. The lowest BCUT2D eigenvalue weighted by molar-refractivity contribution is 0.0940. The summed E-state index contributed by atoms with van der Waals surface area (Å²) >= 11 is 0. The topological polar surface area (TPSA) is 32.3 Å². The lowest BCUT2D eigenvalue weighted by Crippen LogP contribution is -2.29. The van der Waals surface area contributed by atoms with Crippen LogP contribution in [0.2, 0.25) is 0 Å². The van der Waals surface area contributed by atoms with Crippen molar-refractivity contribution in [3.8, 4) is 0 Å². The van der Waals surface area contributed by atoms with E-state index in [1.54, 1.807) is 0 Å². The molecule has 0 unspecified atom stereocenters. The SMILES string of the molecule is Cc1ccc([C@H](C)NC(=O)c2ccc(N3CCCCC3)cc2)cc1. The summed E-state index contributed by atoms with van der Waals surface area (Å²) in [4.78, 5) is 14.9. The minimum atomic E-state index is -0.0201. The molecule has 0 aliphatic carbocycles. The number of carbonyl (C=O) groups is 1. The summed E-state index contributed by atoms with van der Waals surface area (Å²) in [7, 11) is 0. The number of anilines is 1. The molecule has 1 atom stereocenters. The number of nitrogens with one attached hydrogen (secondary N) is 1. The largest absolute Gasteiger partial charge is 0.372 e. The van der Waals surface area contributed by atoms with Gasteiger partial charge < -0.3 is 10.2 Å². The van der Waals surface area contributed by atoms with Crippen LogP contribution >= 0.6 is 0 Å². The molecular weight excluding hydrogens is 296 g/mol. The fraction of sp³-hybridized carbons (Fsp3) is 0.381. The number of hydrogen-bond acceptors (Lipinski definition) is 2. The molecule has 1 amide bonds. The average molecular weight is 322 g/mol. The Kier molecular flexibility index (Phi) is 5.19. The molecule has 1 saturated heterocycles. The smallest absolute Gasteiger partial charge is 0.251 e. The van der Waals surface area contributed by atoms with E-state index in [2.05, 4.69) is 53.5 Å². The third-order valence-corrected chi connectivity index (χ3v) is 4.78. The number of rotatable bonds is 4. The summed E-state index contributed by atoms with van der Waals surface area (Å²) in [5.41, 5.74) is 4.29. The van der Waals surface area contributed by atoms with Gasteiger partial charge in [0, 0.05) is 24.3 Å². The number of piperidine rings is 1. The van der Waals surface area contributed by atoms with E-state index in [0.717, 1.165) is 24.2 Å². The molecule has 3 nitrogen and oxygen atoms in total. The molecule has 3 rings (SSSR count). The van der Waals surface area contributed by atoms with Gasteiger partial charge in [-0.15, -0.1) is 0 Å². The highest BCUT2D eigenvalue weighted by atomic mass is 16.1. The molecule has 1 fully saturated rings. The number of aryl methyl sites for hydroxylation is 1. The highest BCUT2D eigenvalue weighted by molar-refractivity contribution is 5.94. The van der Waals surface area contributed by atoms with E-state index in [9.17, 15) is 4.79 Å². The van der Waals surface area contributed by atoms with Crippen LogP contribution in [0.1, 0.15) is 53.7 Å². The van der Waals surface area contributed by atoms with Crippen LogP contribution < -0.4 is 10.2 Å². The van der Waals surface area contributed by atoms with Crippen molar-refractivity contribution >= 4 is 11.6 Å². The first-order chi connectivity index (χ1) is 11.6. The van der Waals surface area contributed by atoms with Gasteiger partial charge in [0.1, 0.15) is 0 Å². The molecule has 0 radical (unpaired) electrons. The van der Waals surface area contributed by atoms with Crippen molar-refractivity contribution in [1.29, 1.82) is 0 Å². The van der Waals surface area contributed by atoms with Gasteiger partial charge in [0.05, 0.1) is 6.04 Å². The summed E-state index contributed by atoms with van der Waals surface area (Å²) in [6.45, 7) is 6.33. The molecule has 0 bridgehead atoms. The first-order valence-corrected chi connectivity index (χ1v) is 8.86. The van der Waals surface area contributed by atoms with Crippen molar-refractivity contribution < 1.29 is 4.79 Å². The zero-order valence-corrected chi connectivity index (χ0v) is 14.6. The van der Waals surface area contributed by atoms with Crippen molar-refractivity contribution in [1.82, 2.24) is 5.32 Å². The second-order valence-corrected chi connectivity index (χ2v) is 6.70. The molecular formula is C21H26N2O. The number of nitrogens with zero attached hydrogens (tertiary/aromatic N) is 1. The zero-order valence-electron chi connectivity index (χ0n) is 14.6. The van der Waals surface area contributed by atoms with Gasteiger partial charge in [-0.05, 0) is 62.9 Å². The maximum atomic E-state index is 12.5. The van der Waals surface area contributed by atoms with Crippen LogP contribution in [0.5, 0.6) is 0 Å². The maximum Gasteiger partial charge on any atom is 0.251 e. The summed E-state index contributed by atoms with van der Waals surface area (Å²) in [6.07, 6.45) is 3.85. The average Bonchev–Trinajstić information content (AvgIpc) is 2.63. The molecule has 1 heterocycles. The minimum absolute atomic E-state index is 0.000119.